The van der Waals surface area contributed by atoms with Gasteiger partial charge in [-0.05, 0) is 31.4 Å². The van der Waals surface area contributed by atoms with Crippen LogP contribution in [0.1, 0.15) is 24.0 Å². The predicted octanol–water partition coefficient (Wildman–Crippen LogP) is 3.42. The van der Waals surface area contributed by atoms with Gasteiger partial charge >= 0.3 is 5.97 Å². The average Bonchev–Trinajstić information content (AvgIpc) is 3.08. The molecule has 3 N–H and O–H groups in total. The van der Waals surface area contributed by atoms with Gasteiger partial charge in [-0.15, -0.1) is 0 Å². The van der Waals surface area contributed by atoms with Gasteiger partial charge < -0.3 is 10.2 Å². The van der Waals surface area contributed by atoms with E-state index in [1.54, 1.807) is 19.1 Å². The van der Waals surface area contributed by atoms with E-state index in [0.29, 0.717) is 5.56 Å². The first-order chi connectivity index (χ1) is 9.28. The Labute approximate surface area is 120 Å². The van der Waals surface area contributed by atoms with Crippen molar-refractivity contribution in [1.29, 1.82) is 5.41 Å². The van der Waals surface area contributed by atoms with Crippen molar-refractivity contribution in [2.75, 3.05) is 0 Å². The molecule has 1 fully saturated rings. The number of allylic oxidation sites excluding steroid dienone is 1. The van der Waals surface area contributed by atoms with E-state index in [1.807, 2.05) is 0 Å². The van der Waals surface area contributed by atoms with Gasteiger partial charge in [-0.1, -0.05) is 23.7 Å². The number of aliphatic carboxylic acids is 1. The topological polar surface area (TPSA) is 81.4 Å². The van der Waals surface area contributed by atoms with Gasteiger partial charge in [0.15, 0.2) is 5.67 Å². The Morgan fingerprint density at radius 1 is 1.40 bits per heavy atom. The SMILES string of the molecule is Cc1cccc(Cl)c1C(=N)/C(C(=O)O)=C(\O)C1(F)CC1. The molecule has 20 heavy (non-hydrogen) atoms. The zero-order chi connectivity index (χ0) is 15.1. The molecule has 0 spiro atoms. The van der Waals surface area contributed by atoms with Crippen molar-refractivity contribution in [3.8, 4) is 0 Å². The summed E-state index contributed by atoms with van der Waals surface area (Å²) in [6.45, 7) is 1.66. The highest BCUT2D eigenvalue weighted by atomic mass is 35.5. The minimum atomic E-state index is -2.02. The Balaban J connectivity index is 2.57. The fourth-order valence-corrected chi connectivity index (χ4v) is 2.29. The Kier molecular flexibility index (Phi) is 3.56. The molecule has 0 radical (unpaired) electrons. The number of alkyl halides is 1. The lowest BCUT2D eigenvalue weighted by Crippen LogP contribution is -2.21. The Morgan fingerprint density at radius 3 is 2.45 bits per heavy atom. The maximum absolute atomic E-state index is 13.9. The molecule has 0 aromatic heterocycles. The van der Waals surface area contributed by atoms with Crippen LogP contribution in [-0.4, -0.2) is 27.6 Å². The van der Waals surface area contributed by atoms with Crippen LogP contribution in [0.4, 0.5) is 4.39 Å². The van der Waals surface area contributed by atoms with Crippen molar-refractivity contribution in [3.63, 3.8) is 0 Å². The first-order valence-corrected chi connectivity index (χ1v) is 6.36. The summed E-state index contributed by atoms with van der Waals surface area (Å²) in [4.78, 5) is 11.3. The fraction of sp³-hybridized carbons (Fsp3) is 0.286. The molecule has 106 valence electrons. The molecule has 2 rings (SSSR count). The molecule has 0 heterocycles. The molecule has 0 unspecified atom stereocenters. The zero-order valence-electron chi connectivity index (χ0n) is 10.7. The number of carboxylic acids is 1. The van der Waals surface area contributed by atoms with Gasteiger partial charge in [0, 0.05) is 5.56 Å². The second-order valence-corrected chi connectivity index (χ2v) is 5.21. The molecular weight excluding hydrogens is 285 g/mol. The zero-order valence-corrected chi connectivity index (χ0v) is 11.5. The Hall–Kier alpha value is -1.88. The number of rotatable bonds is 4. The highest BCUT2D eigenvalue weighted by Gasteiger charge is 2.50. The van der Waals surface area contributed by atoms with Crippen LogP contribution in [0.25, 0.3) is 0 Å². The van der Waals surface area contributed by atoms with Gasteiger partial charge in [0.2, 0.25) is 0 Å². The van der Waals surface area contributed by atoms with E-state index in [-0.39, 0.29) is 23.4 Å². The van der Waals surface area contributed by atoms with E-state index in [1.165, 1.54) is 6.07 Å². The standard InChI is InChI=1S/C14H13ClFNO3/c1-7-3-2-4-8(15)9(7)11(17)10(13(19)20)12(18)14(16)5-6-14/h2-4,17-18H,5-6H2,1H3,(H,19,20)/b12-10+,17-11?. The van der Waals surface area contributed by atoms with Crippen LogP contribution in [0.5, 0.6) is 0 Å². The number of nitrogens with one attached hydrogen (secondary N) is 1. The van der Waals surface area contributed by atoms with Crippen LogP contribution < -0.4 is 0 Å². The van der Waals surface area contributed by atoms with Crippen LogP contribution in [-0.2, 0) is 4.79 Å². The molecule has 0 bridgehead atoms. The van der Waals surface area contributed by atoms with Crippen LogP contribution in [0.15, 0.2) is 29.5 Å². The van der Waals surface area contributed by atoms with Crippen molar-refractivity contribution < 1.29 is 19.4 Å². The lowest BCUT2D eigenvalue weighted by atomic mass is 9.96. The number of aliphatic hydroxyl groups is 1. The van der Waals surface area contributed by atoms with Crippen molar-refractivity contribution in [2.24, 2.45) is 0 Å². The lowest BCUT2D eigenvalue weighted by molar-refractivity contribution is -0.132. The summed E-state index contributed by atoms with van der Waals surface area (Å²) in [5.74, 6) is -2.44. The summed E-state index contributed by atoms with van der Waals surface area (Å²) in [6, 6.07) is 4.84. The number of aryl methyl sites for hydroxylation is 1. The van der Waals surface area contributed by atoms with Gasteiger partial charge in [-0.3, -0.25) is 5.41 Å². The van der Waals surface area contributed by atoms with Crippen LogP contribution in [0.3, 0.4) is 0 Å². The first kappa shape index (κ1) is 14.5. The predicted molar refractivity (Wildman–Crippen MR) is 73.4 cm³/mol. The monoisotopic (exact) mass is 297 g/mol. The summed E-state index contributed by atoms with van der Waals surface area (Å²) in [7, 11) is 0. The van der Waals surface area contributed by atoms with E-state index in [0.717, 1.165) is 0 Å². The number of aliphatic hydroxyl groups excluding tert-OH is 1. The molecule has 1 aromatic rings. The number of carbonyl (C=O) groups is 1. The lowest BCUT2D eigenvalue weighted by Gasteiger charge is -2.14. The molecule has 0 atom stereocenters. The molecule has 1 aromatic carbocycles. The van der Waals surface area contributed by atoms with E-state index in [9.17, 15) is 19.4 Å². The molecule has 4 nitrogen and oxygen atoms in total. The number of benzene rings is 1. The second-order valence-electron chi connectivity index (χ2n) is 4.80. The summed E-state index contributed by atoms with van der Waals surface area (Å²) in [5.41, 5.74) is -2.47. The summed E-state index contributed by atoms with van der Waals surface area (Å²) in [5, 5.41) is 27.2. The van der Waals surface area contributed by atoms with Crippen molar-refractivity contribution >= 4 is 23.3 Å². The minimum Gasteiger partial charge on any atom is -0.508 e. The average molecular weight is 298 g/mol. The second kappa shape index (κ2) is 4.90. The van der Waals surface area contributed by atoms with Gasteiger partial charge in [0.1, 0.15) is 11.3 Å². The Bertz CT molecular complexity index is 615. The number of carboxylic acid groups (broad SMARTS) is 1. The minimum absolute atomic E-state index is 0.0599. The highest BCUT2D eigenvalue weighted by Crippen LogP contribution is 2.46. The van der Waals surface area contributed by atoms with Crippen LogP contribution in [0.2, 0.25) is 5.02 Å². The van der Waals surface area contributed by atoms with E-state index < -0.39 is 28.7 Å². The molecule has 0 saturated heterocycles. The molecule has 1 saturated carbocycles. The normalized spacial score (nSPS) is 17.4. The van der Waals surface area contributed by atoms with Gasteiger partial charge in [0.05, 0.1) is 10.7 Å². The summed E-state index contributed by atoms with van der Waals surface area (Å²) in [6.07, 6.45) is 0.120. The molecule has 0 amide bonds. The first-order valence-electron chi connectivity index (χ1n) is 5.98. The van der Waals surface area contributed by atoms with Crippen LogP contribution >= 0.6 is 11.6 Å². The molecular formula is C14H13ClFNO3. The fourth-order valence-electron chi connectivity index (χ4n) is 1.97. The third-order valence-corrected chi connectivity index (χ3v) is 3.60. The summed E-state index contributed by atoms with van der Waals surface area (Å²) >= 11 is 5.98. The van der Waals surface area contributed by atoms with Crippen LogP contribution in [0, 0.1) is 12.3 Å². The van der Waals surface area contributed by atoms with Gasteiger partial charge in [-0.2, -0.15) is 0 Å². The van der Waals surface area contributed by atoms with E-state index in [4.69, 9.17) is 17.0 Å². The van der Waals surface area contributed by atoms with Crippen molar-refractivity contribution in [1.82, 2.24) is 0 Å². The van der Waals surface area contributed by atoms with Gasteiger partial charge in [0.25, 0.3) is 0 Å². The Morgan fingerprint density at radius 2 is 2.00 bits per heavy atom. The molecule has 1 aliphatic carbocycles. The number of hydrogen-bond acceptors (Lipinski definition) is 3. The number of hydrogen-bond donors (Lipinski definition) is 3. The third kappa shape index (κ3) is 2.41. The van der Waals surface area contributed by atoms with E-state index in [2.05, 4.69) is 0 Å². The van der Waals surface area contributed by atoms with E-state index >= 15 is 0 Å². The molecule has 6 heteroatoms. The quantitative estimate of drug-likeness (QED) is 0.452. The smallest absolute Gasteiger partial charge is 0.341 e. The molecule has 0 aliphatic heterocycles. The van der Waals surface area contributed by atoms with Gasteiger partial charge in [-0.25, -0.2) is 9.18 Å². The maximum Gasteiger partial charge on any atom is 0.341 e. The number of halogens is 2. The van der Waals surface area contributed by atoms with Crippen molar-refractivity contribution in [3.05, 3.63) is 45.7 Å². The summed E-state index contributed by atoms with van der Waals surface area (Å²) < 4.78 is 13.9. The third-order valence-electron chi connectivity index (χ3n) is 3.29. The molecule has 1 aliphatic rings. The largest absolute Gasteiger partial charge is 0.508 e. The van der Waals surface area contributed by atoms with Crippen molar-refractivity contribution in [2.45, 2.75) is 25.4 Å². The maximum atomic E-state index is 13.9. The highest BCUT2D eigenvalue weighted by molar-refractivity contribution is 6.37.